The predicted octanol–water partition coefficient (Wildman–Crippen LogP) is 2.87. The number of hydrogen-bond donors (Lipinski definition) is 2. The van der Waals surface area contributed by atoms with E-state index in [0.717, 1.165) is 14.4 Å². The van der Waals surface area contributed by atoms with E-state index in [4.69, 9.17) is 17.0 Å². The second-order valence-corrected chi connectivity index (χ2v) is 6.84. The molecule has 1 aliphatic heterocycles. The van der Waals surface area contributed by atoms with Gasteiger partial charge < -0.3 is 15.4 Å². The topological polar surface area (TPSA) is 50.4 Å². The van der Waals surface area contributed by atoms with E-state index in [1.54, 1.807) is 18.3 Å². The molecule has 0 bridgehead atoms. The molecular weight excluding hydrogens is 348 g/mol. The van der Waals surface area contributed by atoms with Crippen molar-refractivity contribution >= 4 is 50.6 Å². The van der Waals surface area contributed by atoms with Gasteiger partial charge in [0, 0.05) is 10.6 Å². The van der Waals surface area contributed by atoms with Crippen LogP contribution in [0.25, 0.3) is 0 Å². The fraction of sp³-hybridized carbons (Fsp3) is 0.333. The zero-order valence-electron chi connectivity index (χ0n) is 10.5. The lowest BCUT2D eigenvalue weighted by Crippen LogP contribution is -2.44. The maximum Gasteiger partial charge on any atom is 0.338 e. The Balaban J connectivity index is 2.40. The third-order valence-electron chi connectivity index (χ3n) is 2.64. The van der Waals surface area contributed by atoms with Crippen LogP contribution in [0.15, 0.2) is 27.2 Å². The van der Waals surface area contributed by atoms with E-state index in [9.17, 15) is 4.79 Å². The molecule has 0 aliphatic carbocycles. The molecule has 0 aromatic carbocycles. The highest BCUT2D eigenvalue weighted by Crippen LogP contribution is 2.34. The molecule has 0 saturated carbocycles. The minimum absolute atomic E-state index is 0.260. The number of carbonyl (C=O) groups is 1. The molecule has 1 aliphatic rings. The van der Waals surface area contributed by atoms with Crippen molar-refractivity contribution in [3.63, 3.8) is 0 Å². The minimum Gasteiger partial charge on any atom is -0.463 e. The highest BCUT2D eigenvalue weighted by molar-refractivity contribution is 9.11. The van der Waals surface area contributed by atoms with Gasteiger partial charge in [0.05, 0.1) is 22.0 Å². The second-order valence-electron chi connectivity index (χ2n) is 3.93. The molecule has 7 heteroatoms. The molecule has 0 saturated heterocycles. The lowest BCUT2D eigenvalue weighted by molar-refractivity contribution is -0.139. The molecule has 1 atom stereocenters. The molecule has 4 nitrogen and oxygen atoms in total. The third kappa shape index (κ3) is 3.16. The van der Waals surface area contributed by atoms with Gasteiger partial charge in [-0.05, 0) is 54.1 Å². The Labute approximate surface area is 129 Å². The maximum atomic E-state index is 12.1. The van der Waals surface area contributed by atoms with E-state index in [1.807, 2.05) is 19.1 Å². The molecule has 0 spiro atoms. The van der Waals surface area contributed by atoms with Crippen LogP contribution in [0.1, 0.15) is 24.8 Å². The van der Waals surface area contributed by atoms with Crippen molar-refractivity contribution in [3.05, 3.63) is 32.1 Å². The maximum absolute atomic E-state index is 12.1. The minimum atomic E-state index is -0.322. The SMILES string of the molecule is CCOC(=O)C1=C(C)NC(=S)NC1c1ccc(Br)s1. The van der Waals surface area contributed by atoms with Crippen molar-refractivity contribution in [2.75, 3.05) is 6.61 Å². The monoisotopic (exact) mass is 360 g/mol. The average molecular weight is 361 g/mol. The number of carbonyl (C=O) groups excluding carboxylic acids is 1. The van der Waals surface area contributed by atoms with E-state index >= 15 is 0 Å². The van der Waals surface area contributed by atoms with Crippen LogP contribution in [0.4, 0.5) is 0 Å². The molecule has 2 N–H and O–H groups in total. The third-order valence-corrected chi connectivity index (χ3v) is 4.55. The summed E-state index contributed by atoms with van der Waals surface area (Å²) in [5.41, 5.74) is 1.31. The van der Waals surface area contributed by atoms with Crippen molar-refractivity contribution in [1.82, 2.24) is 10.6 Å². The molecule has 1 unspecified atom stereocenters. The van der Waals surface area contributed by atoms with Crippen LogP contribution in [0.5, 0.6) is 0 Å². The zero-order chi connectivity index (χ0) is 14.0. The first-order valence-corrected chi connectivity index (χ1v) is 7.75. The number of halogens is 1. The lowest BCUT2D eigenvalue weighted by atomic mass is 10.0. The van der Waals surface area contributed by atoms with E-state index in [2.05, 4.69) is 26.6 Å². The molecule has 0 amide bonds. The van der Waals surface area contributed by atoms with Gasteiger partial charge in [0.15, 0.2) is 5.11 Å². The van der Waals surface area contributed by atoms with Gasteiger partial charge in [-0.1, -0.05) is 0 Å². The Morgan fingerprint density at radius 1 is 1.58 bits per heavy atom. The second kappa shape index (κ2) is 6.02. The molecule has 0 radical (unpaired) electrons. The number of hydrogen-bond acceptors (Lipinski definition) is 4. The highest BCUT2D eigenvalue weighted by atomic mass is 79.9. The van der Waals surface area contributed by atoms with Crippen LogP contribution in [-0.4, -0.2) is 17.7 Å². The normalized spacial score (nSPS) is 18.9. The lowest BCUT2D eigenvalue weighted by Gasteiger charge is -2.28. The molecule has 102 valence electrons. The molecule has 2 rings (SSSR count). The van der Waals surface area contributed by atoms with Crippen LogP contribution in [0.2, 0.25) is 0 Å². The number of rotatable bonds is 3. The first-order chi connectivity index (χ1) is 9.02. The van der Waals surface area contributed by atoms with Crippen LogP contribution < -0.4 is 10.6 Å². The fourth-order valence-corrected chi connectivity index (χ4v) is 3.63. The zero-order valence-corrected chi connectivity index (χ0v) is 13.7. The quantitative estimate of drug-likeness (QED) is 0.641. The number of nitrogens with one attached hydrogen (secondary N) is 2. The summed E-state index contributed by atoms with van der Waals surface area (Å²) in [6, 6.07) is 3.65. The van der Waals surface area contributed by atoms with Crippen LogP contribution in [0, 0.1) is 0 Å². The molecular formula is C12H13BrN2O2S2. The van der Waals surface area contributed by atoms with Gasteiger partial charge in [-0.3, -0.25) is 0 Å². The average Bonchev–Trinajstić information content (AvgIpc) is 2.75. The Bertz CT molecular complexity index is 554. The largest absolute Gasteiger partial charge is 0.463 e. The number of ether oxygens (including phenoxy) is 1. The number of esters is 1. The Morgan fingerprint density at radius 2 is 2.32 bits per heavy atom. The Hall–Kier alpha value is -0.920. The van der Waals surface area contributed by atoms with E-state index < -0.39 is 0 Å². The Kier molecular flexibility index (Phi) is 4.59. The van der Waals surface area contributed by atoms with Crippen LogP contribution >= 0.6 is 39.5 Å². The van der Waals surface area contributed by atoms with Crippen LogP contribution in [0.3, 0.4) is 0 Å². The first-order valence-electron chi connectivity index (χ1n) is 5.73. The van der Waals surface area contributed by atoms with Crippen molar-refractivity contribution in [3.8, 4) is 0 Å². The van der Waals surface area contributed by atoms with Gasteiger partial charge in [0.1, 0.15) is 0 Å². The summed E-state index contributed by atoms with van der Waals surface area (Å²) in [5.74, 6) is -0.322. The summed E-state index contributed by atoms with van der Waals surface area (Å²) in [6.07, 6.45) is 0. The predicted molar refractivity (Wildman–Crippen MR) is 83.0 cm³/mol. The number of thiocarbonyl (C=S) groups is 1. The van der Waals surface area contributed by atoms with E-state index in [0.29, 0.717) is 17.3 Å². The van der Waals surface area contributed by atoms with E-state index in [1.165, 1.54) is 0 Å². The Morgan fingerprint density at radius 3 is 2.89 bits per heavy atom. The van der Waals surface area contributed by atoms with Crippen molar-refractivity contribution in [1.29, 1.82) is 0 Å². The van der Waals surface area contributed by atoms with Crippen molar-refractivity contribution < 1.29 is 9.53 Å². The molecule has 1 aromatic heterocycles. The van der Waals surface area contributed by atoms with E-state index in [-0.39, 0.29) is 12.0 Å². The number of thiophene rings is 1. The van der Waals surface area contributed by atoms with Gasteiger partial charge in [-0.15, -0.1) is 11.3 Å². The van der Waals surface area contributed by atoms with Crippen molar-refractivity contribution in [2.24, 2.45) is 0 Å². The first kappa shape index (κ1) is 14.5. The summed E-state index contributed by atoms with van der Waals surface area (Å²) in [6.45, 7) is 3.97. The smallest absolute Gasteiger partial charge is 0.338 e. The molecule has 19 heavy (non-hydrogen) atoms. The summed E-state index contributed by atoms with van der Waals surface area (Å²) in [4.78, 5) is 13.1. The fourth-order valence-electron chi connectivity index (χ4n) is 1.87. The standard InChI is InChI=1S/C12H13BrN2O2S2/c1-3-17-11(16)9-6(2)14-12(18)15-10(9)7-4-5-8(13)19-7/h4-5,10H,3H2,1-2H3,(H2,14,15,18). The molecule has 0 fully saturated rings. The van der Waals surface area contributed by atoms with Gasteiger partial charge in [0.25, 0.3) is 0 Å². The number of allylic oxidation sites excluding steroid dienone is 1. The van der Waals surface area contributed by atoms with Gasteiger partial charge in [-0.25, -0.2) is 4.79 Å². The molecule has 2 heterocycles. The molecule has 1 aromatic rings. The van der Waals surface area contributed by atoms with Crippen LogP contribution in [-0.2, 0) is 9.53 Å². The summed E-state index contributed by atoms with van der Waals surface area (Å²) < 4.78 is 6.13. The van der Waals surface area contributed by atoms with Gasteiger partial charge in [0.2, 0.25) is 0 Å². The summed E-state index contributed by atoms with van der Waals surface area (Å²) in [5, 5.41) is 6.60. The van der Waals surface area contributed by atoms with Gasteiger partial charge in [-0.2, -0.15) is 0 Å². The summed E-state index contributed by atoms with van der Waals surface area (Å²) in [7, 11) is 0. The van der Waals surface area contributed by atoms with Gasteiger partial charge >= 0.3 is 5.97 Å². The van der Waals surface area contributed by atoms with Crippen molar-refractivity contribution in [2.45, 2.75) is 19.9 Å². The highest BCUT2D eigenvalue weighted by Gasteiger charge is 2.31. The summed E-state index contributed by atoms with van der Waals surface area (Å²) >= 11 is 10.1.